The van der Waals surface area contributed by atoms with Crippen LogP contribution in [0, 0.1) is 0 Å². The lowest BCUT2D eigenvalue weighted by Gasteiger charge is -2.35. The summed E-state index contributed by atoms with van der Waals surface area (Å²) in [5.74, 6) is -0.332. The first-order chi connectivity index (χ1) is 14.5. The highest BCUT2D eigenvalue weighted by molar-refractivity contribution is 5.97. The Morgan fingerprint density at radius 1 is 1.07 bits per heavy atom. The zero-order valence-corrected chi connectivity index (χ0v) is 16.8. The first kappa shape index (κ1) is 19.9. The number of para-hydroxylation sites is 1. The predicted molar refractivity (Wildman–Crippen MR) is 112 cm³/mol. The van der Waals surface area contributed by atoms with Gasteiger partial charge in [0.1, 0.15) is 5.75 Å². The van der Waals surface area contributed by atoms with Crippen LogP contribution in [0.5, 0.6) is 5.75 Å². The molecule has 7 nitrogen and oxygen atoms in total. The maximum Gasteiger partial charge on any atom is 0.344 e. The molecule has 2 heterocycles. The van der Waals surface area contributed by atoms with E-state index >= 15 is 0 Å². The first-order valence-electron chi connectivity index (χ1n) is 10.1. The SMILES string of the molecule is CC1CCc2ccccc2N1C(=O)COC(=O)COc1ccc2c(c1)CCC(=O)N2. The lowest BCUT2D eigenvalue weighted by Crippen LogP contribution is -2.44. The van der Waals surface area contributed by atoms with Crippen molar-refractivity contribution in [3.05, 3.63) is 53.6 Å². The maximum absolute atomic E-state index is 12.7. The zero-order chi connectivity index (χ0) is 21.1. The van der Waals surface area contributed by atoms with Crippen molar-refractivity contribution in [2.75, 3.05) is 23.4 Å². The van der Waals surface area contributed by atoms with Gasteiger partial charge >= 0.3 is 5.97 Å². The molecule has 2 aliphatic heterocycles. The predicted octanol–water partition coefficient (Wildman–Crippen LogP) is 2.86. The van der Waals surface area contributed by atoms with Gasteiger partial charge in [-0.1, -0.05) is 18.2 Å². The molecule has 0 fully saturated rings. The highest BCUT2D eigenvalue weighted by Gasteiger charge is 2.28. The smallest absolute Gasteiger partial charge is 0.344 e. The van der Waals surface area contributed by atoms with Crippen LogP contribution >= 0.6 is 0 Å². The number of rotatable bonds is 5. The van der Waals surface area contributed by atoms with Gasteiger partial charge < -0.3 is 19.7 Å². The molecular formula is C23H24N2O5. The van der Waals surface area contributed by atoms with Crippen LogP contribution in [-0.4, -0.2) is 37.0 Å². The molecular weight excluding hydrogens is 384 g/mol. The van der Waals surface area contributed by atoms with E-state index in [1.54, 1.807) is 23.1 Å². The molecule has 1 atom stereocenters. The molecule has 0 spiro atoms. The fraction of sp³-hybridized carbons (Fsp3) is 0.348. The largest absolute Gasteiger partial charge is 0.482 e. The van der Waals surface area contributed by atoms with E-state index in [2.05, 4.69) is 5.32 Å². The third-order valence-corrected chi connectivity index (χ3v) is 5.48. The zero-order valence-electron chi connectivity index (χ0n) is 16.8. The maximum atomic E-state index is 12.7. The van der Waals surface area contributed by atoms with Gasteiger partial charge in [0.2, 0.25) is 5.91 Å². The summed E-state index contributed by atoms with van der Waals surface area (Å²) in [5, 5.41) is 2.80. The number of carbonyl (C=O) groups excluding carboxylic acids is 3. The summed E-state index contributed by atoms with van der Waals surface area (Å²) in [7, 11) is 0. The standard InChI is InChI=1S/C23H24N2O5/c1-15-6-7-16-4-2-3-5-20(16)25(15)22(27)13-30-23(28)14-29-18-9-10-19-17(12-18)8-11-21(26)24-19/h2-5,9-10,12,15H,6-8,11,13-14H2,1H3,(H,24,26). The molecule has 0 saturated heterocycles. The van der Waals surface area contributed by atoms with Gasteiger partial charge in [-0.25, -0.2) is 4.79 Å². The van der Waals surface area contributed by atoms with Gasteiger partial charge in [-0.05, 0) is 61.6 Å². The van der Waals surface area contributed by atoms with Crippen molar-refractivity contribution < 1.29 is 23.9 Å². The molecule has 2 amide bonds. The Bertz CT molecular complexity index is 987. The molecule has 2 aromatic carbocycles. The number of amides is 2. The van der Waals surface area contributed by atoms with E-state index < -0.39 is 5.97 Å². The Labute approximate surface area is 175 Å². The van der Waals surface area contributed by atoms with Gasteiger partial charge in [0.05, 0.1) is 0 Å². The van der Waals surface area contributed by atoms with E-state index in [9.17, 15) is 14.4 Å². The van der Waals surface area contributed by atoms with E-state index in [-0.39, 0.29) is 31.1 Å². The van der Waals surface area contributed by atoms with Crippen molar-refractivity contribution in [3.8, 4) is 5.75 Å². The summed E-state index contributed by atoms with van der Waals surface area (Å²) in [5.41, 5.74) is 3.74. The summed E-state index contributed by atoms with van der Waals surface area (Å²) >= 11 is 0. The highest BCUT2D eigenvalue weighted by Crippen LogP contribution is 2.30. The fourth-order valence-electron chi connectivity index (χ4n) is 3.91. The fourth-order valence-corrected chi connectivity index (χ4v) is 3.91. The monoisotopic (exact) mass is 408 g/mol. The molecule has 0 aromatic heterocycles. The van der Waals surface area contributed by atoms with E-state index in [1.807, 2.05) is 31.2 Å². The quantitative estimate of drug-likeness (QED) is 0.769. The Morgan fingerprint density at radius 2 is 1.90 bits per heavy atom. The number of hydrogen-bond donors (Lipinski definition) is 1. The van der Waals surface area contributed by atoms with Crippen molar-refractivity contribution in [3.63, 3.8) is 0 Å². The number of anilines is 2. The van der Waals surface area contributed by atoms with Crippen LogP contribution in [0.15, 0.2) is 42.5 Å². The van der Waals surface area contributed by atoms with Crippen molar-refractivity contribution >= 4 is 29.2 Å². The highest BCUT2D eigenvalue weighted by atomic mass is 16.6. The number of nitrogens with one attached hydrogen (secondary N) is 1. The molecule has 2 aliphatic rings. The molecule has 7 heteroatoms. The van der Waals surface area contributed by atoms with Gasteiger partial charge in [0.25, 0.3) is 5.91 Å². The minimum absolute atomic E-state index is 0.00457. The molecule has 1 N–H and O–H groups in total. The van der Waals surface area contributed by atoms with Crippen molar-refractivity contribution in [2.24, 2.45) is 0 Å². The summed E-state index contributed by atoms with van der Waals surface area (Å²) in [6.45, 7) is 1.39. The number of carbonyl (C=O) groups is 3. The topological polar surface area (TPSA) is 84.9 Å². The van der Waals surface area contributed by atoms with Crippen molar-refractivity contribution in [1.29, 1.82) is 0 Å². The molecule has 0 saturated carbocycles. The van der Waals surface area contributed by atoms with Crippen molar-refractivity contribution in [1.82, 2.24) is 0 Å². The van der Waals surface area contributed by atoms with Crippen LogP contribution in [0.25, 0.3) is 0 Å². The summed E-state index contributed by atoms with van der Waals surface area (Å²) in [6.07, 6.45) is 2.86. The number of nitrogens with zero attached hydrogens (tertiary/aromatic N) is 1. The van der Waals surface area contributed by atoms with Gasteiger partial charge in [0.15, 0.2) is 13.2 Å². The third-order valence-electron chi connectivity index (χ3n) is 5.48. The summed E-state index contributed by atoms with van der Waals surface area (Å²) in [6, 6.07) is 13.1. The first-order valence-corrected chi connectivity index (χ1v) is 10.1. The average Bonchev–Trinajstić information content (AvgIpc) is 2.76. The van der Waals surface area contributed by atoms with Gasteiger partial charge in [0, 0.05) is 23.8 Å². The number of aryl methyl sites for hydroxylation is 2. The second-order valence-corrected chi connectivity index (χ2v) is 7.60. The molecule has 156 valence electrons. The average molecular weight is 408 g/mol. The number of ether oxygens (including phenoxy) is 2. The number of benzene rings is 2. The number of esters is 1. The van der Waals surface area contributed by atoms with E-state index in [0.29, 0.717) is 18.6 Å². The molecule has 4 rings (SSSR count). The minimum Gasteiger partial charge on any atom is -0.482 e. The lowest BCUT2D eigenvalue weighted by molar-refractivity contribution is -0.149. The molecule has 2 aromatic rings. The minimum atomic E-state index is -0.604. The normalized spacial score (nSPS) is 17.4. The van der Waals surface area contributed by atoms with Crippen LogP contribution < -0.4 is 15.0 Å². The Kier molecular flexibility index (Phi) is 5.70. The Morgan fingerprint density at radius 3 is 2.77 bits per heavy atom. The molecule has 30 heavy (non-hydrogen) atoms. The lowest BCUT2D eigenvalue weighted by atomic mass is 9.96. The van der Waals surface area contributed by atoms with Crippen LogP contribution in [0.4, 0.5) is 11.4 Å². The number of hydrogen-bond acceptors (Lipinski definition) is 5. The second-order valence-electron chi connectivity index (χ2n) is 7.60. The van der Waals surface area contributed by atoms with Crippen LogP contribution in [0.1, 0.15) is 30.9 Å². The van der Waals surface area contributed by atoms with Crippen LogP contribution in [0.3, 0.4) is 0 Å². The van der Waals surface area contributed by atoms with Crippen LogP contribution in [0.2, 0.25) is 0 Å². The van der Waals surface area contributed by atoms with E-state index in [0.717, 1.165) is 35.3 Å². The van der Waals surface area contributed by atoms with E-state index in [4.69, 9.17) is 9.47 Å². The second kappa shape index (κ2) is 8.57. The molecule has 0 radical (unpaired) electrons. The van der Waals surface area contributed by atoms with Gasteiger partial charge in [-0.15, -0.1) is 0 Å². The Balaban J connectivity index is 1.30. The summed E-state index contributed by atoms with van der Waals surface area (Å²) in [4.78, 5) is 37.9. The number of fused-ring (bicyclic) bond motifs is 2. The third kappa shape index (κ3) is 4.30. The van der Waals surface area contributed by atoms with Gasteiger partial charge in [-0.3, -0.25) is 9.59 Å². The Hall–Kier alpha value is -3.35. The van der Waals surface area contributed by atoms with Crippen molar-refractivity contribution in [2.45, 2.75) is 38.6 Å². The van der Waals surface area contributed by atoms with Gasteiger partial charge in [-0.2, -0.15) is 0 Å². The molecule has 1 unspecified atom stereocenters. The molecule has 0 aliphatic carbocycles. The van der Waals surface area contributed by atoms with Crippen LogP contribution in [-0.2, 0) is 32.0 Å². The molecule has 0 bridgehead atoms. The van der Waals surface area contributed by atoms with E-state index in [1.165, 1.54) is 0 Å². The summed E-state index contributed by atoms with van der Waals surface area (Å²) < 4.78 is 10.7.